The van der Waals surface area contributed by atoms with Gasteiger partial charge in [-0.3, -0.25) is 0 Å². The first-order valence-electron chi connectivity index (χ1n) is 6.35. The molecule has 1 aromatic heterocycles. The lowest BCUT2D eigenvalue weighted by atomic mass is 9.93. The van der Waals surface area contributed by atoms with Gasteiger partial charge in [0.1, 0.15) is 9.09 Å². The van der Waals surface area contributed by atoms with Crippen molar-refractivity contribution in [2.45, 2.75) is 49.0 Å². The van der Waals surface area contributed by atoms with Crippen LogP contribution in [0.5, 0.6) is 0 Å². The first-order valence-corrected chi connectivity index (χ1v) is 8.65. The molecule has 1 aliphatic carbocycles. The number of hydrogen-bond acceptors (Lipinski definition) is 5. The zero-order valence-corrected chi connectivity index (χ0v) is 12.6. The molecule has 0 bridgehead atoms. The molecule has 0 unspecified atom stereocenters. The van der Waals surface area contributed by atoms with Gasteiger partial charge in [-0.25, -0.2) is 17.9 Å². The van der Waals surface area contributed by atoms with E-state index in [0.717, 1.165) is 24.2 Å². The van der Waals surface area contributed by atoms with Crippen molar-refractivity contribution in [2.75, 3.05) is 0 Å². The van der Waals surface area contributed by atoms with Crippen molar-refractivity contribution >= 4 is 27.3 Å². The molecule has 1 heterocycles. The number of rotatable bonds is 4. The van der Waals surface area contributed by atoms with Crippen LogP contribution in [0.1, 0.15) is 40.9 Å². The number of aliphatic hydroxyl groups excluding tert-OH is 1. The van der Waals surface area contributed by atoms with Gasteiger partial charge in [0.15, 0.2) is 0 Å². The Balaban J connectivity index is 2.22. The summed E-state index contributed by atoms with van der Waals surface area (Å²) >= 11 is 0.733. The summed E-state index contributed by atoms with van der Waals surface area (Å²) in [6.07, 6.45) is 2.25. The molecule has 1 aliphatic rings. The number of aryl methyl sites for hydroxylation is 1. The van der Waals surface area contributed by atoms with Crippen molar-refractivity contribution in [2.24, 2.45) is 0 Å². The molecule has 112 valence electrons. The van der Waals surface area contributed by atoms with Crippen LogP contribution in [-0.4, -0.2) is 36.7 Å². The van der Waals surface area contributed by atoms with E-state index >= 15 is 0 Å². The van der Waals surface area contributed by atoms with Gasteiger partial charge in [0, 0.05) is 6.04 Å². The van der Waals surface area contributed by atoms with Crippen LogP contribution < -0.4 is 4.72 Å². The van der Waals surface area contributed by atoms with Crippen molar-refractivity contribution < 1.29 is 23.4 Å². The molecule has 1 saturated carbocycles. The van der Waals surface area contributed by atoms with Crippen LogP contribution in [0.25, 0.3) is 0 Å². The molecule has 20 heavy (non-hydrogen) atoms. The summed E-state index contributed by atoms with van der Waals surface area (Å²) in [4.78, 5) is 11.0. The topological polar surface area (TPSA) is 104 Å². The van der Waals surface area contributed by atoms with Gasteiger partial charge in [-0.05, 0) is 31.4 Å². The molecule has 8 heteroatoms. The third-order valence-electron chi connectivity index (χ3n) is 3.39. The average Bonchev–Trinajstić information content (AvgIpc) is 2.75. The highest BCUT2D eigenvalue weighted by atomic mass is 32.2. The summed E-state index contributed by atoms with van der Waals surface area (Å²) < 4.78 is 26.9. The maximum absolute atomic E-state index is 12.2. The fourth-order valence-corrected chi connectivity index (χ4v) is 5.00. The maximum atomic E-state index is 12.2. The molecule has 0 aromatic carbocycles. The normalized spacial score (nSPS) is 23.7. The van der Waals surface area contributed by atoms with E-state index in [1.165, 1.54) is 6.07 Å². The number of aliphatic hydroxyl groups is 1. The highest BCUT2D eigenvalue weighted by Gasteiger charge is 2.29. The highest BCUT2D eigenvalue weighted by molar-refractivity contribution is 7.91. The second-order valence-electron chi connectivity index (χ2n) is 4.96. The molecule has 3 N–H and O–H groups in total. The Morgan fingerprint density at radius 2 is 2.05 bits per heavy atom. The fraction of sp³-hybridized carbons (Fsp3) is 0.583. The van der Waals surface area contributed by atoms with Crippen LogP contribution in [-0.2, 0) is 10.0 Å². The zero-order chi connectivity index (χ0) is 14.9. The maximum Gasteiger partial charge on any atom is 0.346 e. The van der Waals surface area contributed by atoms with Crippen LogP contribution in [0.3, 0.4) is 0 Å². The minimum atomic E-state index is -3.78. The van der Waals surface area contributed by atoms with E-state index in [1.54, 1.807) is 6.92 Å². The molecule has 0 spiro atoms. The number of carboxylic acid groups (broad SMARTS) is 1. The number of carbonyl (C=O) groups is 1. The largest absolute Gasteiger partial charge is 0.477 e. The van der Waals surface area contributed by atoms with Gasteiger partial charge >= 0.3 is 5.97 Å². The quantitative estimate of drug-likeness (QED) is 0.777. The highest BCUT2D eigenvalue weighted by Crippen LogP contribution is 2.27. The Morgan fingerprint density at radius 3 is 2.60 bits per heavy atom. The van der Waals surface area contributed by atoms with Crippen molar-refractivity contribution in [3.8, 4) is 0 Å². The lowest BCUT2D eigenvalue weighted by Crippen LogP contribution is -2.44. The SMILES string of the molecule is Cc1cc(S(=O)(=O)N[C@@H]2CCCC[C@H]2O)sc1C(=O)O. The van der Waals surface area contributed by atoms with Crippen LogP contribution in [0.4, 0.5) is 0 Å². The molecule has 0 aliphatic heterocycles. The Kier molecular flexibility index (Phi) is 4.48. The second kappa shape index (κ2) is 5.80. The molecule has 6 nitrogen and oxygen atoms in total. The third-order valence-corrected chi connectivity index (χ3v) is 6.58. The number of carboxylic acids is 1. The predicted octanol–water partition coefficient (Wildman–Crippen LogP) is 1.34. The summed E-state index contributed by atoms with van der Waals surface area (Å²) in [5.41, 5.74) is 0.423. The molecule has 0 amide bonds. The van der Waals surface area contributed by atoms with Crippen molar-refractivity contribution in [3.05, 3.63) is 16.5 Å². The van der Waals surface area contributed by atoms with Gasteiger partial charge in [-0.2, -0.15) is 0 Å². The lowest BCUT2D eigenvalue weighted by Gasteiger charge is -2.27. The molecule has 2 rings (SSSR count). The first-order chi connectivity index (χ1) is 9.31. The minimum Gasteiger partial charge on any atom is -0.477 e. The summed E-state index contributed by atoms with van der Waals surface area (Å²) in [6.45, 7) is 1.56. The van der Waals surface area contributed by atoms with Crippen molar-refractivity contribution in [1.29, 1.82) is 0 Å². The third kappa shape index (κ3) is 3.20. The van der Waals surface area contributed by atoms with E-state index in [-0.39, 0.29) is 9.09 Å². The number of sulfonamides is 1. The van der Waals surface area contributed by atoms with Crippen molar-refractivity contribution in [1.82, 2.24) is 4.72 Å². The lowest BCUT2D eigenvalue weighted by molar-refractivity contribution is 0.0701. The Labute approximate surface area is 121 Å². The van der Waals surface area contributed by atoms with E-state index < -0.39 is 28.1 Å². The number of hydrogen-bond donors (Lipinski definition) is 3. The van der Waals surface area contributed by atoms with Gasteiger partial charge in [0.2, 0.25) is 10.0 Å². The Morgan fingerprint density at radius 1 is 1.40 bits per heavy atom. The second-order valence-corrected chi connectivity index (χ2v) is 7.96. The van der Waals surface area contributed by atoms with E-state index in [9.17, 15) is 18.3 Å². The summed E-state index contributed by atoms with van der Waals surface area (Å²) in [6, 6.07) is 0.857. The summed E-state index contributed by atoms with van der Waals surface area (Å²) in [7, 11) is -3.78. The van der Waals surface area contributed by atoms with Crippen LogP contribution in [0, 0.1) is 6.92 Å². The van der Waals surface area contributed by atoms with Crippen molar-refractivity contribution in [3.63, 3.8) is 0 Å². The van der Waals surface area contributed by atoms with Gasteiger partial charge < -0.3 is 10.2 Å². The number of thiophene rings is 1. The Bertz CT molecular complexity index is 607. The van der Waals surface area contributed by atoms with E-state index in [4.69, 9.17) is 5.11 Å². The first kappa shape index (κ1) is 15.4. The monoisotopic (exact) mass is 319 g/mol. The van der Waals surface area contributed by atoms with Crippen LogP contribution >= 0.6 is 11.3 Å². The van der Waals surface area contributed by atoms with E-state index in [1.807, 2.05) is 0 Å². The number of nitrogens with one attached hydrogen (secondary N) is 1. The molecular formula is C12H17NO5S2. The molecule has 2 atom stereocenters. The number of aromatic carboxylic acids is 1. The smallest absolute Gasteiger partial charge is 0.346 e. The predicted molar refractivity (Wildman–Crippen MR) is 74.6 cm³/mol. The van der Waals surface area contributed by atoms with Gasteiger partial charge in [0.05, 0.1) is 6.10 Å². The minimum absolute atomic E-state index is 0.0227. The average molecular weight is 319 g/mol. The summed E-state index contributed by atoms with van der Waals surface area (Å²) in [5, 5.41) is 18.8. The van der Waals surface area contributed by atoms with Gasteiger partial charge in [0.25, 0.3) is 0 Å². The van der Waals surface area contributed by atoms with E-state index in [2.05, 4.69) is 4.72 Å². The van der Waals surface area contributed by atoms with Gasteiger partial charge in [-0.15, -0.1) is 11.3 Å². The molecule has 0 saturated heterocycles. The van der Waals surface area contributed by atoms with E-state index in [0.29, 0.717) is 18.4 Å². The summed E-state index contributed by atoms with van der Waals surface area (Å²) in [5.74, 6) is -1.13. The zero-order valence-electron chi connectivity index (χ0n) is 11.0. The molecule has 0 radical (unpaired) electrons. The Hall–Kier alpha value is -0.960. The molecule has 1 fully saturated rings. The molecule has 1 aromatic rings. The molecular weight excluding hydrogens is 302 g/mol. The van der Waals surface area contributed by atoms with Crippen LogP contribution in [0.2, 0.25) is 0 Å². The van der Waals surface area contributed by atoms with Crippen LogP contribution in [0.15, 0.2) is 10.3 Å². The fourth-order valence-electron chi connectivity index (χ4n) is 2.30. The van der Waals surface area contributed by atoms with Gasteiger partial charge in [-0.1, -0.05) is 12.8 Å². The standard InChI is InChI=1S/C12H17NO5S2/c1-7-6-10(19-11(7)12(15)16)20(17,18)13-8-4-2-3-5-9(8)14/h6,8-9,13-14H,2-5H2,1H3,(H,15,16)/t8-,9-/m1/s1.